The third kappa shape index (κ3) is 4.92. The van der Waals surface area contributed by atoms with Gasteiger partial charge < -0.3 is 0 Å². The molecule has 0 N–H and O–H groups in total. The van der Waals surface area contributed by atoms with Crippen LogP contribution >= 0.6 is 0 Å². The maximum Gasteiger partial charge on any atom is 0.145 e. The Balaban J connectivity index is 1.14. The number of aromatic nitrogens is 2. The maximum atomic E-state index is 5.16. The molecule has 0 unspecified atom stereocenters. The molecule has 0 fully saturated rings. The Bertz CT molecular complexity index is 3130. The van der Waals surface area contributed by atoms with E-state index in [2.05, 4.69) is 213 Å². The Hall–Kier alpha value is -7.03. The van der Waals surface area contributed by atoms with E-state index in [9.17, 15) is 0 Å². The fraction of sp³-hybridized carbons (Fsp3) is 0.0556. The standard InChI is InChI=1S/C54H38N2/c1-54(2)47-22-12-11-19-41(47)45-34-39(30-32-48(45)54)52-43-21-10-9-20-42(43)51(44-31-29-38(33-46(44)52)35-15-5-3-6-16-35)36-25-27-37(28-26-36)53-55-49-23-13-14-24-50(49)56(53)40-17-7-4-8-18-40/h3-34H,1-2H3. The zero-order valence-corrected chi connectivity index (χ0v) is 31.4. The first-order chi connectivity index (χ1) is 27.5. The molecule has 1 aliphatic carbocycles. The van der Waals surface area contributed by atoms with Gasteiger partial charge >= 0.3 is 0 Å². The van der Waals surface area contributed by atoms with Gasteiger partial charge in [0.1, 0.15) is 5.82 Å². The number of imidazole rings is 1. The van der Waals surface area contributed by atoms with E-state index >= 15 is 0 Å². The van der Waals surface area contributed by atoms with Crippen molar-refractivity contribution in [3.05, 3.63) is 205 Å². The van der Waals surface area contributed by atoms with E-state index in [-0.39, 0.29) is 5.41 Å². The maximum absolute atomic E-state index is 5.16. The highest BCUT2D eigenvalue weighted by atomic mass is 15.1. The molecule has 0 saturated heterocycles. The topological polar surface area (TPSA) is 17.8 Å². The normalized spacial score (nSPS) is 13.0. The molecule has 56 heavy (non-hydrogen) atoms. The van der Waals surface area contributed by atoms with Crippen molar-refractivity contribution in [2.75, 3.05) is 0 Å². The molecule has 10 aromatic rings. The molecule has 11 rings (SSSR count). The van der Waals surface area contributed by atoms with Crippen LogP contribution in [-0.4, -0.2) is 9.55 Å². The summed E-state index contributed by atoms with van der Waals surface area (Å²) in [5.41, 5.74) is 17.0. The van der Waals surface area contributed by atoms with Crippen LogP contribution in [0, 0.1) is 0 Å². The van der Waals surface area contributed by atoms with Gasteiger partial charge in [0, 0.05) is 16.7 Å². The molecule has 0 radical (unpaired) electrons. The Morgan fingerprint density at radius 3 is 1.75 bits per heavy atom. The lowest BCUT2D eigenvalue weighted by atomic mass is 9.81. The zero-order chi connectivity index (χ0) is 37.4. The number of nitrogens with zero attached hydrogens (tertiary/aromatic N) is 2. The highest BCUT2D eigenvalue weighted by Crippen LogP contribution is 2.51. The van der Waals surface area contributed by atoms with Crippen molar-refractivity contribution < 1.29 is 0 Å². The molecule has 0 amide bonds. The van der Waals surface area contributed by atoms with Gasteiger partial charge in [0.05, 0.1) is 11.0 Å². The molecule has 1 aromatic heterocycles. The third-order valence-electron chi connectivity index (χ3n) is 12.0. The van der Waals surface area contributed by atoms with Gasteiger partial charge in [-0.3, -0.25) is 4.57 Å². The molecule has 0 saturated carbocycles. The molecule has 2 nitrogen and oxygen atoms in total. The van der Waals surface area contributed by atoms with Crippen LogP contribution in [0.2, 0.25) is 0 Å². The molecule has 1 aliphatic rings. The van der Waals surface area contributed by atoms with Crippen molar-refractivity contribution in [2.24, 2.45) is 0 Å². The van der Waals surface area contributed by atoms with Gasteiger partial charge in [-0.15, -0.1) is 0 Å². The average Bonchev–Trinajstić information content (AvgIpc) is 3.75. The van der Waals surface area contributed by atoms with Crippen LogP contribution in [0.3, 0.4) is 0 Å². The fourth-order valence-corrected chi connectivity index (χ4v) is 9.33. The van der Waals surface area contributed by atoms with Crippen molar-refractivity contribution in [2.45, 2.75) is 19.3 Å². The van der Waals surface area contributed by atoms with Crippen molar-refractivity contribution in [1.82, 2.24) is 9.55 Å². The lowest BCUT2D eigenvalue weighted by molar-refractivity contribution is 0.660. The summed E-state index contributed by atoms with van der Waals surface area (Å²) in [4.78, 5) is 5.16. The van der Waals surface area contributed by atoms with Crippen LogP contribution in [-0.2, 0) is 5.41 Å². The largest absolute Gasteiger partial charge is 0.292 e. The number of fused-ring (bicyclic) bond motifs is 6. The summed E-state index contributed by atoms with van der Waals surface area (Å²) in [6.07, 6.45) is 0. The number of hydrogen-bond donors (Lipinski definition) is 0. The van der Waals surface area contributed by atoms with E-state index in [1.807, 2.05) is 0 Å². The first kappa shape index (κ1) is 32.4. The Labute approximate surface area is 327 Å². The summed E-state index contributed by atoms with van der Waals surface area (Å²) in [5.74, 6) is 0.933. The van der Waals surface area contributed by atoms with Gasteiger partial charge in [-0.1, -0.05) is 172 Å². The second-order valence-corrected chi connectivity index (χ2v) is 15.5. The molecule has 9 aromatic carbocycles. The molecular weight excluding hydrogens is 677 g/mol. The summed E-state index contributed by atoms with van der Waals surface area (Å²) in [6.45, 7) is 4.71. The van der Waals surface area contributed by atoms with Crippen molar-refractivity contribution in [3.8, 4) is 61.6 Å². The SMILES string of the molecule is CC1(C)c2ccccc2-c2cc(-c3c4ccccc4c(-c4ccc(-c5nc6ccccc6n5-c5ccccc5)cc4)c4ccc(-c5ccccc5)cc34)ccc21. The van der Waals surface area contributed by atoms with Gasteiger partial charge in [0.15, 0.2) is 0 Å². The Morgan fingerprint density at radius 1 is 0.393 bits per heavy atom. The highest BCUT2D eigenvalue weighted by Gasteiger charge is 2.35. The van der Waals surface area contributed by atoms with Crippen LogP contribution in [0.5, 0.6) is 0 Å². The molecule has 264 valence electrons. The van der Waals surface area contributed by atoms with E-state index in [0.29, 0.717) is 0 Å². The average molecular weight is 715 g/mol. The molecule has 1 heterocycles. The highest BCUT2D eigenvalue weighted by molar-refractivity contribution is 6.22. The van der Waals surface area contributed by atoms with Crippen molar-refractivity contribution in [3.63, 3.8) is 0 Å². The van der Waals surface area contributed by atoms with Gasteiger partial charge in [-0.25, -0.2) is 4.98 Å². The van der Waals surface area contributed by atoms with E-state index in [1.54, 1.807) is 0 Å². The van der Waals surface area contributed by atoms with Gasteiger partial charge in [-0.2, -0.15) is 0 Å². The second kappa shape index (κ2) is 12.5. The number of rotatable bonds is 5. The predicted octanol–water partition coefficient (Wildman–Crippen LogP) is 14.3. The summed E-state index contributed by atoms with van der Waals surface area (Å²) >= 11 is 0. The van der Waals surface area contributed by atoms with E-state index in [0.717, 1.165) is 28.1 Å². The summed E-state index contributed by atoms with van der Waals surface area (Å²) in [7, 11) is 0. The third-order valence-corrected chi connectivity index (χ3v) is 12.0. The molecule has 0 aliphatic heterocycles. The second-order valence-electron chi connectivity index (χ2n) is 15.5. The monoisotopic (exact) mass is 714 g/mol. The van der Waals surface area contributed by atoms with E-state index in [1.165, 1.54) is 77.2 Å². The fourth-order valence-electron chi connectivity index (χ4n) is 9.33. The van der Waals surface area contributed by atoms with Crippen LogP contribution in [0.4, 0.5) is 0 Å². The molecule has 0 spiro atoms. The minimum absolute atomic E-state index is 0.0456. The first-order valence-electron chi connectivity index (χ1n) is 19.5. The summed E-state index contributed by atoms with van der Waals surface area (Å²) < 4.78 is 2.27. The van der Waals surface area contributed by atoms with E-state index < -0.39 is 0 Å². The first-order valence-corrected chi connectivity index (χ1v) is 19.5. The van der Waals surface area contributed by atoms with Crippen molar-refractivity contribution in [1.29, 1.82) is 0 Å². The van der Waals surface area contributed by atoms with Crippen molar-refractivity contribution >= 4 is 32.6 Å². The summed E-state index contributed by atoms with van der Waals surface area (Å²) in [5, 5.41) is 4.98. The Morgan fingerprint density at radius 2 is 0.964 bits per heavy atom. The predicted molar refractivity (Wildman–Crippen MR) is 235 cm³/mol. The smallest absolute Gasteiger partial charge is 0.145 e. The van der Waals surface area contributed by atoms with Crippen LogP contribution in [0.25, 0.3) is 94.2 Å². The molecule has 0 bridgehead atoms. The molecule has 0 atom stereocenters. The number of hydrogen-bond acceptors (Lipinski definition) is 1. The number of benzene rings is 9. The van der Waals surface area contributed by atoms with Crippen LogP contribution in [0.1, 0.15) is 25.0 Å². The van der Waals surface area contributed by atoms with Crippen LogP contribution < -0.4 is 0 Å². The molecular formula is C54H38N2. The zero-order valence-electron chi connectivity index (χ0n) is 31.4. The van der Waals surface area contributed by atoms with Gasteiger partial charge in [0.2, 0.25) is 0 Å². The minimum Gasteiger partial charge on any atom is -0.292 e. The lowest BCUT2D eigenvalue weighted by Crippen LogP contribution is -2.14. The Kier molecular flexibility index (Phi) is 7.24. The summed E-state index contributed by atoms with van der Waals surface area (Å²) in [6, 6.07) is 70.8. The van der Waals surface area contributed by atoms with Crippen LogP contribution in [0.15, 0.2) is 194 Å². The van der Waals surface area contributed by atoms with Gasteiger partial charge in [-0.05, 0) is 114 Å². The quantitative estimate of drug-likeness (QED) is 0.162. The number of para-hydroxylation sites is 3. The van der Waals surface area contributed by atoms with E-state index in [4.69, 9.17) is 4.98 Å². The molecule has 2 heteroatoms. The lowest BCUT2D eigenvalue weighted by Gasteiger charge is -2.22. The van der Waals surface area contributed by atoms with Gasteiger partial charge in [0.25, 0.3) is 0 Å². The minimum atomic E-state index is -0.0456.